The lowest BCUT2D eigenvalue weighted by molar-refractivity contribution is -0.145. The van der Waals surface area contributed by atoms with E-state index in [1.807, 2.05) is 0 Å². The quantitative estimate of drug-likeness (QED) is 0.401. The maximum atomic E-state index is 14.3. The molecule has 5 unspecified atom stereocenters. The van der Waals surface area contributed by atoms with Crippen LogP contribution in [0.2, 0.25) is 0 Å². The predicted octanol–water partition coefficient (Wildman–Crippen LogP) is 8.07. The van der Waals surface area contributed by atoms with Crippen molar-refractivity contribution in [2.75, 3.05) is 0 Å². The summed E-state index contributed by atoms with van der Waals surface area (Å²) in [5.74, 6) is 3.22. The second-order valence-corrected chi connectivity index (χ2v) is 13.0. The molecule has 0 saturated heterocycles. The highest BCUT2D eigenvalue weighted by Gasteiger charge is 2.59. The third-order valence-electron chi connectivity index (χ3n) is 11.0. The van der Waals surface area contributed by atoms with Crippen molar-refractivity contribution in [2.24, 2.45) is 52.3 Å². The molecule has 0 amide bonds. The van der Waals surface area contributed by atoms with Gasteiger partial charge in [-0.05, 0) is 97.7 Å². The molecule has 0 aromatic rings. The van der Waals surface area contributed by atoms with E-state index in [0.717, 1.165) is 48.9 Å². The average Bonchev–Trinajstić information content (AvgIpc) is 3.09. The van der Waals surface area contributed by atoms with Gasteiger partial charge in [0.05, 0.1) is 0 Å². The minimum atomic E-state index is -1.71. The highest BCUT2D eigenvalue weighted by atomic mass is 19.1. The van der Waals surface area contributed by atoms with E-state index in [9.17, 15) is 9.18 Å². The molecule has 3 fully saturated rings. The zero-order valence-corrected chi connectivity index (χ0v) is 21.2. The first-order chi connectivity index (χ1) is 15.1. The number of carboxylic acid groups (broad SMARTS) is 1. The number of carboxylic acids is 1. The van der Waals surface area contributed by atoms with Gasteiger partial charge in [0, 0.05) is 5.92 Å². The number of hydrogen-bond acceptors (Lipinski definition) is 1. The largest absolute Gasteiger partial charge is 0.479 e. The molecule has 0 spiro atoms. The van der Waals surface area contributed by atoms with E-state index < -0.39 is 12.1 Å². The van der Waals surface area contributed by atoms with Crippen molar-refractivity contribution in [1.29, 1.82) is 0 Å². The van der Waals surface area contributed by atoms with Crippen molar-refractivity contribution in [3.63, 3.8) is 0 Å². The summed E-state index contributed by atoms with van der Waals surface area (Å²) in [4.78, 5) is 11.2. The lowest BCUT2D eigenvalue weighted by Gasteiger charge is -2.58. The molecule has 4 rings (SSSR count). The van der Waals surface area contributed by atoms with E-state index in [1.165, 1.54) is 50.5 Å². The fraction of sp³-hybridized carbons (Fsp3) is 0.897. The summed E-state index contributed by atoms with van der Waals surface area (Å²) in [7, 11) is 0. The third kappa shape index (κ3) is 4.09. The standard InChI is InChI=1S/C29H47FO2/c1-18(2)7-6-8-19(3)23-11-12-24-22-10-9-21-17-20(26(30)27(31)32)13-15-28(21,4)25(22)14-16-29(23,24)5/h9,18-20,22-26H,6-8,10-17H2,1-5H3,(H,31,32)/t19-,20?,22?,23-,24?,25?,26?,28+,29-/m1/s1. The second kappa shape index (κ2) is 9.06. The van der Waals surface area contributed by atoms with Gasteiger partial charge < -0.3 is 5.11 Å². The van der Waals surface area contributed by atoms with E-state index in [2.05, 4.69) is 40.7 Å². The molecule has 2 nitrogen and oxygen atoms in total. The number of rotatable bonds is 7. The maximum absolute atomic E-state index is 14.3. The molecule has 4 aliphatic rings. The number of carbonyl (C=O) groups is 1. The van der Waals surface area contributed by atoms with Crippen LogP contribution in [0.1, 0.15) is 105 Å². The van der Waals surface area contributed by atoms with E-state index in [0.29, 0.717) is 17.8 Å². The Morgan fingerprint density at radius 1 is 1.09 bits per heavy atom. The SMILES string of the molecule is CC(C)CCC[C@@H](C)[C@H]1CCC2C3CC=C4CC(C(F)C(=O)O)CC[C@]4(C)C3CC[C@@]21C. The molecule has 0 aromatic heterocycles. The summed E-state index contributed by atoms with van der Waals surface area (Å²) >= 11 is 0. The third-order valence-corrected chi connectivity index (χ3v) is 11.0. The lowest BCUT2D eigenvalue weighted by atomic mass is 9.46. The van der Waals surface area contributed by atoms with Crippen LogP contribution in [0, 0.1) is 52.3 Å². The van der Waals surface area contributed by atoms with Gasteiger partial charge in [0.25, 0.3) is 0 Å². The molecule has 32 heavy (non-hydrogen) atoms. The molecular weight excluding hydrogens is 399 g/mol. The minimum absolute atomic E-state index is 0.167. The topological polar surface area (TPSA) is 37.3 Å². The summed E-state index contributed by atoms with van der Waals surface area (Å²) in [6.07, 6.45) is 13.8. The zero-order chi connectivity index (χ0) is 23.3. The second-order valence-electron chi connectivity index (χ2n) is 13.0. The fourth-order valence-electron chi connectivity index (χ4n) is 9.17. The van der Waals surface area contributed by atoms with Crippen molar-refractivity contribution < 1.29 is 14.3 Å². The van der Waals surface area contributed by atoms with Gasteiger partial charge in [-0.25, -0.2) is 9.18 Å². The Kier molecular flexibility index (Phi) is 6.87. The Bertz CT molecular complexity index is 729. The van der Waals surface area contributed by atoms with Crippen molar-refractivity contribution in [1.82, 2.24) is 0 Å². The monoisotopic (exact) mass is 446 g/mol. The first-order valence-corrected chi connectivity index (χ1v) is 13.6. The van der Waals surface area contributed by atoms with Gasteiger partial charge in [-0.15, -0.1) is 0 Å². The van der Waals surface area contributed by atoms with Crippen LogP contribution >= 0.6 is 0 Å². The van der Waals surface area contributed by atoms with Crippen LogP contribution in [0.25, 0.3) is 0 Å². The van der Waals surface area contributed by atoms with E-state index >= 15 is 0 Å². The molecule has 1 N–H and O–H groups in total. The summed E-state index contributed by atoms with van der Waals surface area (Å²) in [5, 5.41) is 9.17. The summed E-state index contributed by atoms with van der Waals surface area (Å²) in [5.41, 5.74) is 2.05. The van der Waals surface area contributed by atoms with Crippen molar-refractivity contribution in [3.05, 3.63) is 11.6 Å². The van der Waals surface area contributed by atoms with Gasteiger partial charge in [0.1, 0.15) is 0 Å². The summed E-state index contributed by atoms with van der Waals surface area (Å²) < 4.78 is 14.3. The van der Waals surface area contributed by atoms with E-state index in [4.69, 9.17) is 5.11 Å². The first-order valence-electron chi connectivity index (χ1n) is 13.6. The predicted molar refractivity (Wildman–Crippen MR) is 129 cm³/mol. The number of halogens is 1. The molecule has 0 bridgehead atoms. The van der Waals surface area contributed by atoms with E-state index in [-0.39, 0.29) is 11.3 Å². The fourth-order valence-corrected chi connectivity index (χ4v) is 9.17. The molecule has 4 aliphatic carbocycles. The van der Waals surface area contributed by atoms with Gasteiger partial charge in [-0.1, -0.05) is 65.5 Å². The first kappa shape index (κ1) is 24.3. The molecule has 3 heteroatoms. The molecule has 3 saturated carbocycles. The van der Waals surface area contributed by atoms with Crippen molar-refractivity contribution in [2.45, 2.75) is 111 Å². The minimum Gasteiger partial charge on any atom is -0.479 e. The van der Waals surface area contributed by atoms with Crippen LogP contribution in [0.3, 0.4) is 0 Å². The zero-order valence-electron chi connectivity index (χ0n) is 21.2. The van der Waals surface area contributed by atoms with E-state index in [1.54, 1.807) is 0 Å². The smallest absolute Gasteiger partial charge is 0.338 e. The molecule has 0 aromatic carbocycles. The lowest BCUT2D eigenvalue weighted by Crippen LogP contribution is -2.51. The van der Waals surface area contributed by atoms with Gasteiger partial charge in [0.2, 0.25) is 0 Å². The van der Waals surface area contributed by atoms with Gasteiger partial charge in [-0.3, -0.25) is 0 Å². The Hall–Kier alpha value is -0.860. The van der Waals surface area contributed by atoms with Gasteiger partial charge >= 0.3 is 5.97 Å². The van der Waals surface area contributed by atoms with Crippen LogP contribution in [-0.4, -0.2) is 17.2 Å². The Balaban J connectivity index is 1.48. The molecular formula is C29H47FO2. The van der Waals surface area contributed by atoms with Gasteiger partial charge in [-0.2, -0.15) is 0 Å². The van der Waals surface area contributed by atoms with Crippen LogP contribution in [0.15, 0.2) is 11.6 Å². The average molecular weight is 447 g/mol. The van der Waals surface area contributed by atoms with Crippen LogP contribution in [0.4, 0.5) is 4.39 Å². The van der Waals surface area contributed by atoms with Crippen LogP contribution in [-0.2, 0) is 4.79 Å². The normalized spacial score (nSPS) is 43.1. The maximum Gasteiger partial charge on any atom is 0.338 e. The van der Waals surface area contributed by atoms with Gasteiger partial charge in [0.15, 0.2) is 6.17 Å². The highest BCUT2D eigenvalue weighted by Crippen LogP contribution is 2.67. The molecule has 182 valence electrons. The summed E-state index contributed by atoms with van der Waals surface area (Å²) in [6.45, 7) is 12.3. The molecule has 0 radical (unpaired) electrons. The summed E-state index contributed by atoms with van der Waals surface area (Å²) in [6, 6.07) is 0. The number of aliphatic carboxylic acids is 1. The number of allylic oxidation sites excluding steroid dienone is 2. The Morgan fingerprint density at radius 2 is 1.84 bits per heavy atom. The Morgan fingerprint density at radius 3 is 2.53 bits per heavy atom. The Labute approximate surface area is 195 Å². The molecule has 0 aliphatic heterocycles. The molecule has 9 atom stereocenters. The van der Waals surface area contributed by atoms with Crippen LogP contribution < -0.4 is 0 Å². The number of fused-ring (bicyclic) bond motifs is 5. The van der Waals surface area contributed by atoms with Crippen molar-refractivity contribution in [3.8, 4) is 0 Å². The number of alkyl halides is 1. The van der Waals surface area contributed by atoms with Crippen molar-refractivity contribution >= 4 is 5.97 Å². The van der Waals surface area contributed by atoms with Crippen LogP contribution in [0.5, 0.6) is 0 Å². The highest BCUT2D eigenvalue weighted by molar-refractivity contribution is 5.72. The molecule has 0 heterocycles. The number of hydrogen-bond donors (Lipinski definition) is 1.